The molecule has 0 saturated carbocycles. The zero-order chi connectivity index (χ0) is 14.0. The molecule has 1 atom stereocenters. The van der Waals surface area contributed by atoms with E-state index in [0.717, 1.165) is 19.2 Å². The van der Waals surface area contributed by atoms with E-state index < -0.39 is 11.6 Å². The van der Waals surface area contributed by atoms with Gasteiger partial charge in [0, 0.05) is 38.3 Å². The molecule has 1 saturated heterocycles. The molecule has 1 aliphatic heterocycles. The molecule has 0 amide bonds. The first-order valence-electron chi connectivity index (χ1n) is 6.58. The van der Waals surface area contributed by atoms with E-state index >= 15 is 0 Å². The van der Waals surface area contributed by atoms with Gasteiger partial charge in [0.1, 0.15) is 0 Å². The molecule has 1 fully saturated rings. The van der Waals surface area contributed by atoms with E-state index in [4.69, 9.17) is 0 Å². The second-order valence-corrected chi connectivity index (χ2v) is 4.96. The van der Waals surface area contributed by atoms with Crippen LogP contribution in [0.15, 0.2) is 6.07 Å². The molecule has 2 heterocycles. The van der Waals surface area contributed by atoms with Gasteiger partial charge < -0.3 is 15.1 Å². The Labute approximate surface area is 112 Å². The van der Waals surface area contributed by atoms with E-state index in [1.165, 1.54) is 0 Å². The summed E-state index contributed by atoms with van der Waals surface area (Å²) in [6.45, 7) is 6.80. The van der Waals surface area contributed by atoms with Crippen molar-refractivity contribution in [3.8, 4) is 0 Å². The van der Waals surface area contributed by atoms with Gasteiger partial charge in [-0.1, -0.05) is 0 Å². The summed E-state index contributed by atoms with van der Waals surface area (Å²) in [4.78, 5) is 8.19. The van der Waals surface area contributed by atoms with Gasteiger partial charge in [0.15, 0.2) is 23.3 Å². The third-order valence-corrected chi connectivity index (χ3v) is 3.36. The van der Waals surface area contributed by atoms with E-state index in [9.17, 15) is 8.78 Å². The van der Waals surface area contributed by atoms with Crippen LogP contribution >= 0.6 is 0 Å². The Bertz CT molecular complexity index is 453. The molecule has 0 radical (unpaired) electrons. The fraction of sp³-hybridized carbons (Fsp3) is 0.615. The Morgan fingerprint density at radius 3 is 2.74 bits per heavy atom. The lowest BCUT2D eigenvalue weighted by Gasteiger charge is -2.39. The zero-order valence-electron chi connectivity index (χ0n) is 11.6. The summed E-state index contributed by atoms with van der Waals surface area (Å²) in [5.74, 6) is -0.900. The van der Waals surface area contributed by atoms with Crippen molar-refractivity contribution >= 4 is 11.6 Å². The number of piperazine rings is 1. The minimum Gasteiger partial charge on any atom is -0.368 e. The van der Waals surface area contributed by atoms with Crippen molar-refractivity contribution in [1.29, 1.82) is 0 Å². The molecule has 106 valence electrons. The molecule has 1 aromatic heterocycles. The van der Waals surface area contributed by atoms with Crippen LogP contribution in [0.1, 0.15) is 13.8 Å². The highest BCUT2D eigenvalue weighted by Gasteiger charge is 2.26. The largest absolute Gasteiger partial charge is 0.368 e. The maximum Gasteiger partial charge on any atom is 0.168 e. The van der Waals surface area contributed by atoms with Crippen molar-refractivity contribution in [1.82, 2.24) is 9.88 Å². The van der Waals surface area contributed by atoms with Crippen LogP contribution in [0.4, 0.5) is 20.4 Å². The second-order valence-electron chi connectivity index (χ2n) is 4.96. The van der Waals surface area contributed by atoms with Gasteiger partial charge in [-0.15, -0.1) is 0 Å². The Morgan fingerprint density at radius 2 is 2.11 bits per heavy atom. The van der Waals surface area contributed by atoms with Gasteiger partial charge in [0.25, 0.3) is 0 Å². The number of hydrogen-bond donors (Lipinski definition) is 1. The van der Waals surface area contributed by atoms with Crippen LogP contribution in [0, 0.1) is 11.6 Å². The highest BCUT2D eigenvalue weighted by atomic mass is 19.1. The number of nitrogens with one attached hydrogen (secondary N) is 1. The first kappa shape index (κ1) is 14.0. The fourth-order valence-electron chi connectivity index (χ4n) is 2.40. The third kappa shape index (κ3) is 2.94. The molecule has 4 nitrogen and oxygen atoms in total. The SMILES string of the molecule is CCNc1nc(N2CCN(C)CC2C)c(F)cc1F. The minimum atomic E-state index is -0.648. The van der Waals surface area contributed by atoms with E-state index in [-0.39, 0.29) is 17.7 Å². The summed E-state index contributed by atoms with van der Waals surface area (Å²) >= 11 is 0. The summed E-state index contributed by atoms with van der Waals surface area (Å²) in [5.41, 5.74) is 0. The van der Waals surface area contributed by atoms with Gasteiger partial charge in [-0.2, -0.15) is 0 Å². The molecule has 1 unspecified atom stereocenters. The Morgan fingerprint density at radius 1 is 1.37 bits per heavy atom. The zero-order valence-corrected chi connectivity index (χ0v) is 11.6. The van der Waals surface area contributed by atoms with Crippen LogP contribution in [0.3, 0.4) is 0 Å². The Balaban J connectivity index is 2.30. The summed E-state index contributed by atoms with van der Waals surface area (Å²) < 4.78 is 27.5. The van der Waals surface area contributed by atoms with Crippen LogP contribution < -0.4 is 10.2 Å². The van der Waals surface area contributed by atoms with Gasteiger partial charge in [0.05, 0.1) is 0 Å². The number of aromatic nitrogens is 1. The molecule has 1 aromatic rings. The summed E-state index contributed by atoms with van der Waals surface area (Å²) in [6.07, 6.45) is 0. The predicted molar refractivity (Wildman–Crippen MR) is 72.6 cm³/mol. The summed E-state index contributed by atoms with van der Waals surface area (Å²) in [5, 5.41) is 2.82. The standard InChI is InChI=1S/C13H20F2N4/c1-4-16-12-10(14)7-11(15)13(17-12)19-6-5-18(3)8-9(19)2/h7,9H,4-6,8H2,1-3H3,(H,16,17). The number of pyridine rings is 1. The number of anilines is 2. The topological polar surface area (TPSA) is 31.4 Å². The summed E-state index contributed by atoms with van der Waals surface area (Å²) in [7, 11) is 2.03. The molecule has 2 rings (SSSR count). The molecule has 1 aliphatic rings. The molecule has 0 aromatic carbocycles. The molecule has 0 spiro atoms. The molecule has 0 bridgehead atoms. The first-order valence-corrected chi connectivity index (χ1v) is 6.58. The van der Waals surface area contributed by atoms with Crippen LogP contribution in [-0.2, 0) is 0 Å². The van der Waals surface area contributed by atoms with Gasteiger partial charge in [0.2, 0.25) is 0 Å². The third-order valence-electron chi connectivity index (χ3n) is 3.36. The van der Waals surface area contributed by atoms with Gasteiger partial charge in [-0.05, 0) is 20.9 Å². The normalized spacial score (nSPS) is 20.7. The summed E-state index contributed by atoms with van der Waals surface area (Å²) in [6, 6.07) is 1.06. The number of nitrogens with zero attached hydrogens (tertiary/aromatic N) is 3. The van der Waals surface area contributed by atoms with E-state index in [0.29, 0.717) is 13.1 Å². The second kappa shape index (κ2) is 5.69. The molecule has 1 N–H and O–H groups in total. The molecular weight excluding hydrogens is 250 g/mol. The van der Waals surface area contributed by atoms with Crippen LogP contribution in [0.5, 0.6) is 0 Å². The van der Waals surface area contributed by atoms with E-state index in [2.05, 4.69) is 15.2 Å². The predicted octanol–water partition coefficient (Wildman–Crippen LogP) is 1.93. The molecule has 6 heteroatoms. The monoisotopic (exact) mass is 270 g/mol. The van der Waals surface area contributed by atoms with Crippen LogP contribution in [0.2, 0.25) is 0 Å². The molecule has 19 heavy (non-hydrogen) atoms. The minimum absolute atomic E-state index is 0.116. The quantitative estimate of drug-likeness (QED) is 0.909. The Hall–Kier alpha value is -1.43. The van der Waals surface area contributed by atoms with Crippen molar-refractivity contribution < 1.29 is 8.78 Å². The van der Waals surface area contributed by atoms with Crippen molar-refractivity contribution in [3.05, 3.63) is 17.7 Å². The van der Waals surface area contributed by atoms with Crippen LogP contribution in [0.25, 0.3) is 0 Å². The highest BCUT2D eigenvalue weighted by molar-refractivity contribution is 5.50. The first-order chi connectivity index (χ1) is 9.02. The number of rotatable bonds is 3. The van der Waals surface area contributed by atoms with Gasteiger partial charge in [-0.25, -0.2) is 13.8 Å². The van der Waals surface area contributed by atoms with Crippen molar-refractivity contribution in [2.45, 2.75) is 19.9 Å². The maximum absolute atomic E-state index is 13.9. The average Bonchev–Trinajstić information content (AvgIpc) is 2.34. The van der Waals surface area contributed by atoms with Gasteiger partial charge >= 0.3 is 0 Å². The molecule has 0 aliphatic carbocycles. The number of hydrogen-bond acceptors (Lipinski definition) is 4. The smallest absolute Gasteiger partial charge is 0.168 e. The van der Waals surface area contributed by atoms with Crippen molar-refractivity contribution in [2.24, 2.45) is 0 Å². The van der Waals surface area contributed by atoms with Crippen molar-refractivity contribution in [2.75, 3.05) is 43.4 Å². The van der Waals surface area contributed by atoms with Crippen LogP contribution in [-0.4, -0.2) is 49.2 Å². The number of likely N-dealkylation sites (N-methyl/N-ethyl adjacent to an activating group) is 1. The lowest BCUT2D eigenvalue weighted by atomic mass is 10.2. The maximum atomic E-state index is 13.9. The van der Waals surface area contributed by atoms with Crippen molar-refractivity contribution in [3.63, 3.8) is 0 Å². The van der Waals surface area contributed by atoms with E-state index in [1.54, 1.807) is 0 Å². The number of halogens is 2. The lowest BCUT2D eigenvalue weighted by molar-refractivity contribution is 0.273. The average molecular weight is 270 g/mol. The highest BCUT2D eigenvalue weighted by Crippen LogP contribution is 2.25. The van der Waals surface area contributed by atoms with E-state index in [1.807, 2.05) is 25.8 Å². The fourth-order valence-corrected chi connectivity index (χ4v) is 2.40. The lowest BCUT2D eigenvalue weighted by Crippen LogP contribution is -2.51. The Kier molecular flexibility index (Phi) is 4.19. The van der Waals surface area contributed by atoms with Gasteiger partial charge in [-0.3, -0.25) is 0 Å². The molecular formula is C13H20F2N4.